The maximum absolute atomic E-state index is 12.0. The van der Waals surface area contributed by atoms with Crippen molar-refractivity contribution in [1.82, 2.24) is 9.97 Å². The molecule has 9 nitrogen and oxygen atoms in total. The van der Waals surface area contributed by atoms with Crippen LogP contribution in [0.3, 0.4) is 0 Å². The van der Waals surface area contributed by atoms with E-state index < -0.39 is 18.0 Å². The van der Waals surface area contributed by atoms with Crippen molar-refractivity contribution in [2.45, 2.75) is 19.4 Å². The fourth-order valence-corrected chi connectivity index (χ4v) is 4.38. The second-order valence-electron chi connectivity index (χ2n) is 9.12. The Kier molecular flexibility index (Phi) is 7.96. The van der Waals surface area contributed by atoms with E-state index in [0.29, 0.717) is 28.4 Å². The summed E-state index contributed by atoms with van der Waals surface area (Å²) in [7, 11) is 0. The van der Waals surface area contributed by atoms with Crippen LogP contribution in [0.1, 0.15) is 46.7 Å². The minimum absolute atomic E-state index is 0.0505. The van der Waals surface area contributed by atoms with Crippen molar-refractivity contribution in [3.8, 4) is 0 Å². The lowest BCUT2D eigenvalue weighted by Gasteiger charge is -2.26. The quantitative estimate of drug-likeness (QED) is 0.186. The highest BCUT2D eigenvalue weighted by atomic mass is 16.7. The summed E-state index contributed by atoms with van der Waals surface area (Å²) in [4.78, 5) is 43.4. The van der Waals surface area contributed by atoms with Crippen LogP contribution in [0.2, 0.25) is 0 Å². The normalized spacial score (nSPS) is 15.0. The lowest BCUT2D eigenvalue weighted by Crippen LogP contribution is -2.18. The molecule has 2 aromatic carbocycles. The van der Waals surface area contributed by atoms with Crippen molar-refractivity contribution >= 4 is 34.8 Å². The number of benzene rings is 2. The monoisotopic (exact) mass is 546 g/mol. The third kappa shape index (κ3) is 6.20. The summed E-state index contributed by atoms with van der Waals surface area (Å²) >= 11 is 0. The van der Waals surface area contributed by atoms with Crippen molar-refractivity contribution in [2.24, 2.45) is 4.99 Å². The standard InChI is InChI=1S/C32H26N4O5/c1-2-30(41-36(24-9-5-3-6-10-24)25-11-7-4-8-12-25)21-13-15-33-26(17-21)28-19-23(32(39)40)20-29(35-28)27-18-22(31(37)38)14-16-34-27/h2-19,29H,20H2,1H3,(H,37,38)(H,39,40)/b30-2-. The van der Waals surface area contributed by atoms with E-state index in [4.69, 9.17) is 9.83 Å². The van der Waals surface area contributed by atoms with Gasteiger partial charge in [0.05, 0.1) is 40.1 Å². The Hall–Kier alpha value is -5.57. The molecule has 0 fully saturated rings. The van der Waals surface area contributed by atoms with Crippen LogP contribution >= 0.6 is 0 Å². The van der Waals surface area contributed by atoms with E-state index in [9.17, 15) is 19.8 Å². The number of pyridine rings is 2. The van der Waals surface area contributed by atoms with Crippen LogP contribution in [0.15, 0.2) is 120 Å². The fraction of sp³-hybridized carbons (Fsp3) is 0.0938. The molecular formula is C32H26N4O5. The molecule has 1 aliphatic heterocycles. The molecule has 9 heteroatoms. The summed E-state index contributed by atoms with van der Waals surface area (Å²) in [6.07, 6.45) is 6.38. The molecule has 0 amide bonds. The largest absolute Gasteiger partial charge is 0.478 e. The molecule has 2 N–H and O–H groups in total. The molecule has 3 heterocycles. The number of para-hydroxylation sites is 2. The first kappa shape index (κ1) is 27.0. The number of hydrogen-bond acceptors (Lipinski definition) is 7. The maximum Gasteiger partial charge on any atom is 0.335 e. The molecule has 1 aliphatic rings. The number of carboxylic acids is 2. The Balaban J connectivity index is 1.50. The summed E-state index contributed by atoms with van der Waals surface area (Å²) in [5, 5.41) is 20.9. The first-order chi connectivity index (χ1) is 19.9. The molecule has 41 heavy (non-hydrogen) atoms. The van der Waals surface area contributed by atoms with Crippen LogP contribution in [0, 0.1) is 0 Å². The minimum atomic E-state index is -1.10. The second-order valence-corrected chi connectivity index (χ2v) is 9.12. The molecule has 0 spiro atoms. The highest BCUT2D eigenvalue weighted by molar-refractivity contribution is 6.12. The molecule has 0 saturated heterocycles. The lowest BCUT2D eigenvalue weighted by molar-refractivity contribution is -0.132. The van der Waals surface area contributed by atoms with Crippen molar-refractivity contribution in [2.75, 3.05) is 5.06 Å². The second kappa shape index (κ2) is 12.1. The molecule has 204 valence electrons. The molecule has 0 bridgehead atoms. The average Bonchev–Trinajstić information content (AvgIpc) is 3.02. The van der Waals surface area contributed by atoms with Gasteiger partial charge in [-0.05, 0) is 67.6 Å². The summed E-state index contributed by atoms with van der Waals surface area (Å²) in [5.74, 6) is -1.64. The van der Waals surface area contributed by atoms with Crippen molar-refractivity contribution in [3.05, 3.63) is 138 Å². The third-order valence-electron chi connectivity index (χ3n) is 6.40. The SMILES string of the molecule is C/C=C(\ON(c1ccccc1)c1ccccc1)c1ccnc(C2=NC(c3cc(C(=O)O)ccn3)CC(C(=O)O)=C2)c1. The van der Waals surface area contributed by atoms with E-state index in [2.05, 4.69) is 9.97 Å². The number of allylic oxidation sites excluding steroid dienone is 2. The van der Waals surface area contributed by atoms with Crippen molar-refractivity contribution < 1.29 is 24.6 Å². The zero-order valence-electron chi connectivity index (χ0n) is 22.1. The van der Waals surface area contributed by atoms with Gasteiger partial charge < -0.3 is 15.1 Å². The summed E-state index contributed by atoms with van der Waals surface area (Å²) in [6.45, 7) is 1.86. The number of hydrogen-bond donors (Lipinski definition) is 2. The summed E-state index contributed by atoms with van der Waals surface area (Å²) in [6, 6.07) is 25.1. The molecule has 5 rings (SSSR count). The van der Waals surface area contributed by atoms with Crippen LogP contribution in [-0.4, -0.2) is 37.8 Å². The first-order valence-electron chi connectivity index (χ1n) is 12.8. The summed E-state index contributed by atoms with van der Waals surface area (Å²) < 4.78 is 0. The van der Waals surface area contributed by atoms with Gasteiger partial charge in [-0.25, -0.2) is 9.59 Å². The van der Waals surface area contributed by atoms with E-state index >= 15 is 0 Å². The van der Waals surface area contributed by atoms with Crippen LogP contribution in [-0.2, 0) is 9.63 Å². The van der Waals surface area contributed by atoms with E-state index in [1.165, 1.54) is 24.4 Å². The van der Waals surface area contributed by atoms with Gasteiger partial charge in [-0.2, -0.15) is 5.06 Å². The van der Waals surface area contributed by atoms with Crippen LogP contribution in [0.25, 0.3) is 5.76 Å². The van der Waals surface area contributed by atoms with Gasteiger partial charge in [0.2, 0.25) is 0 Å². The molecule has 4 aromatic rings. The molecule has 1 unspecified atom stereocenters. The third-order valence-corrected chi connectivity index (χ3v) is 6.40. The van der Waals surface area contributed by atoms with Crippen molar-refractivity contribution in [3.63, 3.8) is 0 Å². The van der Waals surface area contributed by atoms with Gasteiger partial charge in [0.15, 0.2) is 5.76 Å². The average molecular weight is 547 g/mol. The Morgan fingerprint density at radius 3 is 2.10 bits per heavy atom. The number of aromatic nitrogens is 2. The van der Waals surface area contributed by atoms with Gasteiger partial charge in [0.1, 0.15) is 0 Å². The van der Waals surface area contributed by atoms with Crippen LogP contribution < -0.4 is 5.06 Å². The first-order valence-corrected chi connectivity index (χ1v) is 12.8. The molecule has 0 radical (unpaired) electrons. The Morgan fingerprint density at radius 1 is 0.854 bits per heavy atom. The van der Waals surface area contributed by atoms with Gasteiger partial charge in [0.25, 0.3) is 0 Å². The molecular weight excluding hydrogens is 520 g/mol. The Morgan fingerprint density at radius 2 is 1.49 bits per heavy atom. The van der Waals surface area contributed by atoms with Crippen LogP contribution in [0.4, 0.5) is 11.4 Å². The van der Waals surface area contributed by atoms with Gasteiger partial charge in [-0.3, -0.25) is 15.0 Å². The molecule has 1 atom stereocenters. The number of anilines is 2. The van der Waals surface area contributed by atoms with Crippen LogP contribution in [0.5, 0.6) is 0 Å². The Labute approximate surface area is 236 Å². The lowest BCUT2D eigenvalue weighted by atomic mass is 9.96. The number of rotatable bonds is 9. The predicted octanol–water partition coefficient (Wildman–Crippen LogP) is 6.25. The van der Waals surface area contributed by atoms with Gasteiger partial charge in [-0.1, -0.05) is 36.4 Å². The number of aliphatic carboxylic acids is 1. The van der Waals surface area contributed by atoms with E-state index in [1.54, 1.807) is 23.4 Å². The van der Waals surface area contributed by atoms with E-state index in [-0.39, 0.29) is 17.6 Å². The van der Waals surface area contributed by atoms with Gasteiger partial charge in [0, 0.05) is 30.0 Å². The zero-order valence-corrected chi connectivity index (χ0v) is 22.1. The number of carbonyl (C=O) groups is 2. The number of carboxylic acid groups (broad SMARTS) is 2. The molecule has 0 aliphatic carbocycles. The van der Waals surface area contributed by atoms with Gasteiger partial charge >= 0.3 is 11.9 Å². The van der Waals surface area contributed by atoms with Crippen molar-refractivity contribution in [1.29, 1.82) is 0 Å². The number of aromatic carboxylic acids is 1. The smallest absolute Gasteiger partial charge is 0.335 e. The Bertz CT molecular complexity index is 1630. The number of dihydropyridines is 1. The number of nitrogens with zero attached hydrogens (tertiary/aromatic N) is 4. The zero-order chi connectivity index (χ0) is 28.8. The fourth-order valence-electron chi connectivity index (χ4n) is 4.38. The maximum atomic E-state index is 12.0. The van der Waals surface area contributed by atoms with E-state index in [0.717, 1.165) is 11.4 Å². The summed E-state index contributed by atoms with van der Waals surface area (Å²) in [5.41, 5.74) is 3.69. The molecule has 2 aromatic heterocycles. The van der Waals surface area contributed by atoms with E-state index in [1.807, 2.05) is 73.7 Å². The minimum Gasteiger partial charge on any atom is -0.478 e. The topological polar surface area (TPSA) is 125 Å². The van der Waals surface area contributed by atoms with Gasteiger partial charge in [-0.15, -0.1) is 0 Å². The number of aliphatic imine (C=N–C) groups is 1. The highest BCUT2D eigenvalue weighted by Gasteiger charge is 2.25. The predicted molar refractivity (Wildman–Crippen MR) is 155 cm³/mol. The molecule has 0 saturated carbocycles. The highest BCUT2D eigenvalue weighted by Crippen LogP contribution is 2.32.